The lowest BCUT2D eigenvalue weighted by molar-refractivity contribution is 0.100. The third-order valence-corrected chi connectivity index (χ3v) is 4.94. The van der Waals surface area contributed by atoms with Gasteiger partial charge in [-0.25, -0.2) is 0 Å². The molecule has 0 spiro atoms. The lowest BCUT2D eigenvalue weighted by Gasteiger charge is -2.17. The first-order valence-electron chi connectivity index (χ1n) is 7.00. The van der Waals surface area contributed by atoms with E-state index in [1.165, 1.54) is 43.9 Å². The number of Topliss-reactive ketones (excluding diaryl/α,β-unsaturated/α-hetero) is 1. The van der Waals surface area contributed by atoms with Crippen LogP contribution in [0.5, 0.6) is 0 Å². The van der Waals surface area contributed by atoms with Crippen LogP contribution in [0.25, 0.3) is 0 Å². The van der Waals surface area contributed by atoms with Crippen LogP contribution in [0, 0.1) is 0 Å². The number of nitrogens with one attached hydrogen (secondary N) is 1. The summed E-state index contributed by atoms with van der Waals surface area (Å²) in [6.45, 7) is 1.45. The first-order chi connectivity index (χ1) is 9.50. The van der Waals surface area contributed by atoms with Crippen LogP contribution in [0.2, 0.25) is 0 Å². The highest BCUT2D eigenvalue weighted by atomic mass is 32.1. The number of primary amides is 1. The molecule has 0 aromatic carbocycles. The lowest BCUT2D eigenvalue weighted by atomic mass is 10.1. The topological polar surface area (TPSA) is 98.2 Å². The smallest absolute Gasteiger partial charge is 0.253 e. The van der Waals surface area contributed by atoms with Gasteiger partial charge in [-0.15, -0.1) is 11.3 Å². The normalized spacial score (nSPS) is 16.6. The van der Waals surface area contributed by atoms with E-state index in [2.05, 4.69) is 5.32 Å². The molecular weight excluding hydrogens is 274 g/mol. The van der Waals surface area contributed by atoms with Crippen LogP contribution in [0.1, 0.15) is 65.5 Å². The van der Waals surface area contributed by atoms with E-state index >= 15 is 0 Å². The number of anilines is 2. The molecule has 1 aromatic rings. The Morgan fingerprint density at radius 2 is 1.80 bits per heavy atom. The van der Waals surface area contributed by atoms with Gasteiger partial charge in [-0.05, 0) is 12.8 Å². The number of rotatable bonds is 4. The number of amides is 1. The van der Waals surface area contributed by atoms with Crippen molar-refractivity contribution in [3.05, 3.63) is 10.4 Å². The van der Waals surface area contributed by atoms with Gasteiger partial charge in [-0.2, -0.15) is 0 Å². The summed E-state index contributed by atoms with van der Waals surface area (Å²) < 4.78 is 0. The van der Waals surface area contributed by atoms with Gasteiger partial charge in [0.25, 0.3) is 5.91 Å². The fourth-order valence-corrected chi connectivity index (χ4v) is 3.76. The molecule has 0 saturated heterocycles. The Labute approximate surface area is 122 Å². The molecule has 1 saturated carbocycles. The van der Waals surface area contributed by atoms with Gasteiger partial charge in [-0.1, -0.05) is 25.7 Å². The van der Waals surface area contributed by atoms with Gasteiger partial charge in [0.05, 0.1) is 16.1 Å². The van der Waals surface area contributed by atoms with Crippen LogP contribution in [0.15, 0.2) is 0 Å². The Morgan fingerprint density at radius 1 is 1.20 bits per heavy atom. The second-order valence-corrected chi connectivity index (χ2v) is 6.32. The van der Waals surface area contributed by atoms with E-state index in [9.17, 15) is 9.59 Å². The summed E-state index contributed by atoms with van der Waals surface area (Å²) in [5.41, 5.74) is 11.8. The molecule has 0 radical (unpaired) electrons. The van der Waals surface area contributed by atoms with Gasteiger partial charge < -0.3 is 16.8 Å². The molecule has 0 aliphatic heterocycles. The average Bonchev–Trinajstić information content (AvgIpc) is 2.55. The number of nitrogen functional groups attached to an aromatic ring is 1. The van der Waals surface area contributed by atoms with Crippen molar-refractivity contribution in [2.45, 2.75) is 51.5 Å². The van der Waals surface area contributed by atoms with Gasteiger partial charge >= 0.3 is 0 Å². The maximum atomic E-state index is 11.6. The minimum absolute atomic E-state index is 0.135. The van der Waals surface area contributed by atoms with Crippen LogP contribution in [0.3, 0.4) is 0 Å². The lowest BCUT2D eigenvalue weighted by Crippen LogP contribution is -2.21. The third kappa shape index (κ3) is 3.12. The molecule has 1 amide bonds. The third-order valence-electron chi connectivity index (χ3n) is 3.70. The van der Waals surface area contributed by atoms with Crippen molar-refractivity contribution < 1.29 is 9.59 Å². The Balaban J connectivity index is 2.27. The zero-order chi connectivity index (χ0) is 14.7. The summed E-state index contributed by atoms with van der Waals surface area (Å²) in [4.78, 5) is 23.5. The van der Waals surface area contributed by atoms with E-state index in [0.29, 0.717) is 15.9 Å². The van der Waals surface area contributed by atoms with Gasteiger partial charge in [0.15, 0.2) is 5.78 Å². The minimum Gasteiger partial charge on any atom is -0.397 e. The quantitative estimate of drug-likeness (QED) is 0.587. The monoisotopic (exact) mass is 295 g/mol. The molecule has 0 bridgehead atoms. The van der Waals surface area contributed by atoms with E-state index in [4.69, 9.17) is 11.5 Å². The van der Waals surface area contributed by atoms with E-state index in [1.54, 1.807) is 0 Å². The van der Waals surface area contributed by atoms with Crippen molar-refractivity contribution in [2.75, 3.05) is 11.1 Å². The number of thiophene rings is 1. The van der Waals surface area contributed by atoms with E-state index in [0.717, 1.165) is 12.8 Å². The van der Waals surface area contributed by atoms with Crippen molar-refractivity contribution in [3.63, 3.8) is 0 Å². The van der Waals surface area contributed by atoms with Crippen LogP contribution in [-0.2, 0) is 0 Å². The maximum absolute atomic E-state index is 11.6. The van der Waals surface area contributed by atoms with Gasteiger partial charge in [0.2, 0.25) is 0 Å². The summed E-state index contributed by atoms with van der Waals surface area (Å²) in [5, 5.41) is 4.02. The minimum atomic E-state index is -0.581. The second kappa shape index (κ2) is 6.26. The van der Waals surface area contributed by atoms with E-state index in [-0.39, 0.29) is 17.0 Å². The Kier molecular flexibility index (Phi) is 4.65. The molecule has 1 aliphatic carbocycles. The van der Waals surface area contributed by atoms with Gasteiger partial charge in [0, 0.05) is 13.0 Å². The van der Waals surface area contributed by atoms with E-state index < -0.39 is 5.91 Å². The molecule has 5 nitrogen and oxygen atoms in total. The summed E-state index contributed by atoms with van der Waals surface area (Å²) in [7, 11) is 0. The van der Waals surface area contributed by atoms with Crippen LogP contribution >= 0.6 is 11.3 Å². The number of hydrogen-bond acceptors (Lipinski definition) is 5. The highest BCUT2D eigenvalue weighted by Gasteiger charge is 2.24. The Bertz CT molecular complexity index is 517. The molecule has 1 aromatic heterocycles. The maximum Gasteiger partial charge on any atom is 0.253 e. The number of carbonyl (C=O) groups excluding carboxylic acids is 2. The van der Waals surface area contributed by atoms with E-state index in [1.807, 2.05) is 0 Å². The molecule has 1 aliphatic rings. The summed E-state index contributed by atoms with van der Waals surface area (Å²) in [6, 6.07) is 0.327. The molecule has 6 heteroatoms. The average molecular weight is 295 g/mol. The molecule has 5 N–H and O–H groups in total. The number of nitrogens with two attached hydrogens (primary N) is 2. The molecule has 0 unspecified atom stereocenters. The van der Waals surface area contributed by atoms with Crippen LogP contribution in [0.4, 0.5) is 10.7 Å². The number of hydrogen-bond donors (Lipinski definition) is 3. The van der Waals surface area contributed by atoms with Gasteiger partial charge in [0.1, 0.15) is 5.00 Å². The van der Waals surface area contributed by atoms with Gasteiger partial charge in [-0.3, -0.25) is 9.59 Å². The fraction of sp³-hybridized carbons (Fsp3) is 0.571. The molecule has 2 rings (SSSR count). The SMILES string of the molecule is CC(=O)c1sc(NC2CCCCCC2)c(C(N)=O)c1N. The Morgan fingerprint density at radius 3 is 2.30 bits per heavy atom. The number of ketones is 1. The largest absolute Gasteiger partial charge is 0.397 e. The fourth-order valence-electron chi connectivity index (χ4n) is 2.66. The zero-order valence-electron chi connectivity index (χ0n) is 11.7. The molecule has 110 valence electrons. The molecule has 20 heavy (non-hydrogen) atoms. The molecular formula is C14H21N3O2S. The van der Waals surface area contributed by atoms with Crippen LogP contribution in [-0.4, -0.2) is 17.7 Å². The highest BCUT2D eigenvalue weighted by Crippen LogP contribution is 2.37. The summed E-state index contributed by atoms with van der Waals surface area (Å²) in [6.07, 6.45) is 7.03. The molecule has 1 heterocycles. The first-order valence-corrected chi connectivity index (χ1v) is 7.82. The van der Waals surface area contributed by atoms with Crippen molar-refractivity contribution in [3.8, 4) is 0 Å². The molecule has 1 fully saturated rings. The summed E-state index contributed by atoms with van der Waals surface area (Å²) in [5.74, 6) is -0.716. The number of carbonyl (C=O) groups is 2. The second-order valence-electron chi connectivity index (χ2n) is 5.30. The van der Waals surface area contributed by atoms with Crippen molar-refractivity contribution >= 4 is 33.7 Å². The van der Waals surface area contributed by atoms with Crippen molar-refractivity contribution in [2.24, 2.45) is 5.73 Å². The molecule has 0 atom stereocenters. The van der Waals surface area contributed by atoms with Crippen LogP contribution < -0.4 is 16.8 Å². The predicted octanol–water partition coefficient (Wildman–Crippen LogP) is 2.77. The first kappa shape index (κ1) is 14.8. The van der Waals surface area contributed by atoms with Crippen molar-refractivity contribution in [1.82, 2.24) is 0 Å². The zero-order valence-corrected chi connectivity index (χ0v) is 12.5. The highest BCUT2D eigenvalue weighted by molar-refractivity contribution is 7.19. The van der Waals surface area contributed by atoms with Crippen molar-refractivity contribution in [1.29, 1.82) is 0 Å². The summed E-state index contributed by atoms with van der Waals surface area (Å²) >= 11 is 1.24. The predicted molar refractivity (Wildman–Crippen MR) is 82.4 cm³/mol. The standard InChI is InChI=1S/C14H21N3O2S/c1-8(18)12-11(15)10(13(16)19)14(20-12)17-9-6-4-2-3-5-7-9/h9,17H,2-7,15H2,1H3,(H2,16,19). The Hall–Kier alpha value is -1.56.